The van der Waals surface area contributed by atoms with E-state index in [2.05, 4.69) is 10.6 Å². The number of carbonyl (C=O) groups is 2. The Morgan fingerprint density at radius 3 is 2.36 bits per heavy atom. The standard InChI is InChI=1S/C16H24N2O4/c1-11(18-14(21)12-7-5-4-6-8-12)9-17-15(22)13(20)16(2,3)10-19/h4-8,11,13,19-20H,9-10H2,1-3H3,(H,17,22)(H,18,21)/t11-,13-/m0/s1. The van der Waals surface area contributed by atoms with Crippen LogP contribution in [0.5, 0.6) is 0 Å². The SMILES string of the molecule is C[C@@H](CNC(=O)[C@H](O)C(C)(C)CO)NC(=O)c1ccccc1. The number of rotatable bonds is 7. The predicted octanol–water partition coefficient (Wildman–Crippen LogP) is 0.301. The maximum atomic E-state index is 11.9. The molecule has 4 N–H and O–H groups in total. The minimum atomic E-state index is -1.31. The van der Waals surface area contributed by atoms with E-state index in [1.165, 1.54) is 0 Å². The molecule has 1 aromatic rings. The Labute approximate surface area is 130 Å². The summed E-state index contributed by atoms with van der Waals surface area (Å²) >= 11 is 0. The van der Waals surface area contributed by atoms with Crippen molar-refractivity contribution in [3.8, 4) is 0 Å². The highest BCUT2D eigenvalue weighted by Crippen LogP contribution is 2.19. The second kappa shape index (κ2) is 7.91. The summed E-state index contributed by atoms with van der Waals surface area (Å²) in [5.74, 6) is -0.793. The lowest BCUT2D eigenvalue weighted by atomic mass is 9.87. The van der Waals surface area contributed by atoms with Crippen LogP contribution in [0.2, 0.25) is 0 Å². The molecule has 1 rings (SSSR count). The van der Waals surface area contributed by atoms with Crippen LogP contribution in [0.3, 0.4) is 0 Å². The van der Waals surface area contributed by atoms with Crippen LogP contribution in [0.4, 0.5) is 0 Å². The number of hydrogen-bond donors (Lipinski definition) is 4. The van der Waals surface area contributed by atoms with Crippen molar-refractivity contribution in [2.75, 3.05) is 13.2 Å². The van der Waals surface area contributed by atoms with E-state index in [4.69, 9.17) is 5.11 Å². The molecule has 0 aromatic heterocycles. The van der Waals surface area contributed by atoms with Gasteiger partial charge in [-0.15, -0.1) is 0 Å². The van der Waals surface area contributed by atoms with E-state index < -0.39 is 17.4 Å². The summed E-state index contributed by atoms with van der Waals surface area (Å²) in [5.41, 5.74) is -0.372. The van der Waals surface area contributed by atoms with Gasteiger partial charge in [0, 0.05) is 23.6 Å². The molecule has 0 aliphatic rings. The first-order chi connectivity index (χ1) is 10.3. The maximum absolute atomic E-state index is 11.9. The molecule has 6 heteroatoms. The monoisotopic (exact) mass is 308 g/mol. The van der Waals surface area contributed by atoms with E-state index in [0.717, 1.165) is 0 Å². The van der Waals surface area contributed by atoms with Crippen molar-refractivity contribution in [1.82, 2.24) is 10.6 Å². The Bertz CT molecular complexity index is 502. The number of carbonyl (C=O) groups excluding carboxylic acids is 2. The second-order valence-corrected chi connectivity index (χ2v) is 6.03. The van der Waals surface area contributed by atoms with Crippen molar-refractivity contribution in [2.45, 2.75) is 32.9 Å². The van der Waals surface area contributed by atoms with Crippen LogP contribution in [-0.4, -0.2) is 47.3 Å². The van der Waals surface area contributed by atoms with E-state index in [1.54, 1.807) is 45.0 Å². The van der Waals surface area contributed by atoms with Gasteiger partial charge in [-0.05, 0) is 19.1 Å². The topological polar surface area (TPSA) is 98.7 Å². The summed E-state index contributed by atoms with van der Waals surface area (Å²) in [7, 11) is 0. The first-order valence-electron chi connectivity index (χ1n) is 7.20. The van der Waals surface area contributed by atoms with Crippen LogP contribution >= 0.6 is 0 Å². The predicted molar refractivity (Wildman–Crippen MR) is 83.3 cm³/mol. The average Bonchev–Trinajstić information content (AvgIpc) is 2.52. The van der Waals surface area contributed by atoms with Crippen molar-refractivity contribution < 1.29 is 19.8 Å². The van der Waals surface area contributed by atoms with Gasteiger partial charge in [0.1, 0.15) is 6.10 Å². The van der Waals surface area contributed by atoms with E-state index >= 15 is 0 Å². The largest absolute Gasteiger partial charge is 0.396 e. The Hall–Kier alpha value is -1.92. The molecule has 0 saturated heterocycles. The number of aliphatic hydroxyl groups excluding tert-OH is 2. The second-order valence-electron chi connectivity index (χ2n) is 6.03. The quantitative estimate of drug-likeness (QED) is 0.582. The lowest BCUT2D eigenvalue weighted by Crippen LogP contribution is -2.49. The zero-order valence-electron chi connectivity index (χ0n) is 13.2. The molecule has 6 nitrogen and oxygen atoms in total. The van der Waals surface area contributed by atoms with Crippen molar-refractivity contribution in [2.24, 2.45) is 5.41 Å². The summed E-state index contributed by atoms with van der Waals surface area (Å²) in [5, 5.41) is 24.3. The van der Waals surface area contributed by atoms with E-state index in [-0.39, 0.29) is 25.1 Å². The highest BCUT2D eigenvalue weighted by molar-refractivity contribution is 5.94. The van der Waals surface area contributed by atoms with E-state index in [1.807, 2.05) is 6.07 Å². The van der Waals surface area contributed by atoms with Gasteiger partial charge < -0.3 is 20.8 Å². The number of aliphatic hydroxyl groups is 2. The molecule has 2 amide bonds. The minimum Gasteiger partial charge on any atom is -0.396 e. The smallest absolute Gasteiger partial charge is 0.251 e. The minimum absolute atomic E-state index is 0.190. The molecule has 0 aliphatic heterocycles. The zero-order chi connectivity index (χ0) is 16.8. The maximum Gasteiger partial charge on any atom is 0.251 e. The zero-order valence-corrected chi connectivity index (χ0v) is 13.2. The lowest BCUT2D eigenvalue weighted by Gasteiger charge is -2.27. The molecule has 122 valence electrons. The first kappa shape index (κ1) is 18.1. The third-order valence-corrected chi connectivity index (χ3v) is 3.39. The number of hydrogen-bond acceptors (Lipinski definition) is 4. The van der Waals surface area contributed by atoms with Gasteiger partial charge in [0.2, 0.25) is 5.91 Å². The molecule has 0 radical (unpaired) electrons. The summed E-state index contributed by atoms with van der Waals surface area (Å²) < 4.78 is 0. The molecule has 2 atom stereocenters. The molecular formula is C16H24N2O4. The Balaban J connectivity index is 2.45. The number of benzene rings is 1. The molecular weight excluding hydrogens is 284 g/mol. The van der Waals surface area contributed by atoms with Crippen LogP contribution < -0.4 is 10.6 Å². The Morgan fingerprint density at radius 1 is 1.23 bits per heavy atom. The van der Waals surface area contributed by atoms with Crippen LogP contribution in [-0.2, 0) is 4.79 Å². The lowest BCUT2D eigenvalue weighted by molar-refractivity contribution is -0.137. The van der Waals surface area contributed by atoms with Crippen LogP contribution in [0.15, 0.2) is 30.3 Å². The molecule has 1 aromatic carbocycles. The fraction of sp³-hybridized carbons (Fsp3) is 0.500. The molecule has 0 bridgehead atoms. The van der Waals surface area contributed by atoms with Crippen molar-refractivity contribution in [3.05, 3.63) is 35.9 Å². The van der Waals surface area contributed by atoms with Crippen LogP contribution in [0.1, 0.15) is 31.1 Å². The van der Waals surface area contributed by atoms with Crippen LogP contribution in [0.25, 0.3) is 0 Å². The Kier molecular flexibility index (Phi) is 6.52. The third-order valence-electron chi connectivity index (χ3n) is 3.39. The van der Waals surface area contributed by atoms with Gasteiger partial charge >= 0.3 is 0 Å². The first-order valence-corrected chi connectivity index (χ1v) is 7.20. The molecule has 0 saturated carbocycles. The molecule has 0 aliphatic carbocycles. The molecule has 0 spiro atoms. The molecule has 0 fully saturated rings. The number of amides is 2. The Morgan fingerprint density at radius 2 is 1.82 bits per heavy atom. The fourth-order valence-corrected chi connectivity index (χ4v) is 1.74. The number of nitrogens with one attached hydrogen (secondary N) is 2. The van der Waals surface area contributed by atoms with Crippen LogP contribution in [0, 0.1) is 5.41 Å². The summed E-state index contributed by atoms with van der Waals surface area (Å²) in [6, 6.07) is 8.48. The van der Waals surface area contributed by atoms with Gasteiger partial charge in [-0.2, -0.15) is 0 Å². The van der Waals surface area contributed by atoms with Gasteiger partial charge in [-0.1, -0.05) is 32.0 Å². The fourth-order valence-electron chi connectivity index (χ4n) is 1.74. The van der Waals surface area contributed by atoms with Crippen molar-refractivity contribution >= 4 is 11.8 Å². The molecule has 0 heterocycles. The summed E-state index contributed by atoms with van der Waals surface area (Å²) in [6.07, 6.45) is -1.31. The van der Waals surface area contributed by atoms with Crippen molar-refractivity contribution in [1.29, 1.82) is 0 Å². The average molecular weight is 308 g/mol. The van der Waals surface area contributed by atoms with Gasteiger partial charge in [0.05, 0.1) is 6.61 Å². The molecule has 0 unspecified atom stereocenters. The van der Waals surface area contributed by atoms with Crippen molar-refractivity contribution in [3.63, 3.8) is 0 Å². The van der Waals surface area contributed by atoms with Gasteiger partial charge in [0.15, 0.2) is 0 Å². The van der Waals surface area contributed by atoms with E-state index in [0.29, 0.717) is 5.56 Å². The highest BCUT2D eigenvalue weighted by Gasteiger charge is 2.32. The normalized spacial score (nSPS) is 14.0. The van der Waals surface area contributed by atoms with Gasteiger partial charge in [0.25, 0.3) is 5.91 Å². The highest BCUT2D eigenvalue weighted by atomic mass is 16.3. The van der Waals surface area contributed by atoms with Gasteiger partial charge in [-0.3, -0.25) is 9.59 Å². The summed E-state index contributed by atoms with van der Waals surface area (Å²) in [6.45, 7) is 4.83. The van der Waals surface area contributed by atoms with E-state index in [9.17, 15) is 14.7 Å². The van der Waals surface area contributed by atoms with Gasteiger partial charge in [-0.25, -0.2) is 0 Å². The third kappa shape index (κ3) is 5.13. The molecule has 22 heavy (non-hydrogen) atoms. The summed E-state index contributed by atoms with van der Waals surface area (Å²) in [4.78, 5) is 23.8.